The molecular formula is C11H14BrNO2. The molecule has 0 radical (unpaired) electrons. The van der Waals surface area contributed by atoms with E-state index in [0.29, 0.717) is 13.2 Å². The first-order valence-corrected chi connectivity index (χ1v) is 5.29. The summed E-state index contributed by atoms with van der Waals surface area (Å²) in [5.74, 6) is 1.54. The van der Waals surface area contributed by atoms with Gasteiger partial charge in [0.1, 0.15) is 18.1 Å². The van der Waals surface area contributed by atoms with Crippen molar-refractivity contribution in [2.75, 3.05) is 20.3 Å². The highest BCUT2D eigenvalue weighted by Gasteiger charge is 2.03. The van der Waals surface area contributed by atoms with Gasteiger partial charge in [0, 0.05) is 6.54 Å². The molecule has 0 atom stereocenters. The van der Waals surface area contributed by atoms with Crippen LogP contribution in [0.5, 0.6) is 11.5 Å². The van der Waals surface area contributed by atoms with Crippen molar-refractivity contribution in [3.8, 4) is 11.5 Å². The summed E-state index contributed by atoms with van der Waals surface area (Å²) >= 11 is 3.39. The fourth-order valence-corrected chi connectivity index (χ4v) is 1.44. The predicted molar refractivity (Wildman–Crippen MR) is 64.4 cm³/mol. The molecule has 15 heavy (non-hydrogen) atoms. The van der Waals surface area contributed by atoms with Gasteiger partial charge in [-0.15, -0.1) is 0 Å². The van der Waals surface area contributed by atoms with Gasteiger partial charge >= 0.3 is 0 Å². The number of hydrogen-bond acceptors (Lipinski definition) is 3. The first-order valence-electron chi connectivity index (χ1n) is 4.50. The molecular weight excluding hydrogens is 258 g/mol. The number of nitrogens with two attached hydrogens (primary N) is 1. The molecule has 0 saturated heterocycles. The highest BCUT2D eigenvalue weighted by Crippen LogP contribution is 2.29. The van der Waals surface area contributed by atoms with Crippen LogP contribution in [0.25, 0.3) is 0 Å². The standard InChI is InChI=1S/C11H14BrNO2/c1-8(6-13)7-15-11-4-3-9(14-2)5-10(11)12/h3-5H,1,6-7,13H2,2H3. The maximum absolute atomic E-state index is 5.51. The number of benzene rings is 1. The van der Waals surface area contributed by atoms with Crippen LogP contribution in [0.1, 0.15) is 0 Å². The molecule has 0 heterocycles. The minimum Gasteiger partial charge on any atom is -0.497 e. The maximum atomic E-state index is 5.51. The molecule has 0 aliphatic carbocycles. The van der Waals surface area contributed by atoms with E-state index < -0.39 is 0 Å². The molecule has 0 unspecified atom stereocenters. The zero-order chi connectivity index (χ0) is 11.3. The van der Waals surface area contributed by atoms with Crippen LogP contribution in [-0.4, -0.2) is 20.3 Å². The van der Waals surface area contributed by atoms with Crippen molar-refractivity contribution in [3.05, 3.63) is 34.8 Å². The van der Waals surface area contributed by atoms with Gasteiger partial charge in [0.2, 0.25) is 0 Å². The van der Waals surface area contributed by atoms with Gasteiger partial charge in [-0.2, -0.15) is 0 Å². The van der Waals surface area contributed by atoms with Crippen LogP contribution < -0.4 is 15.2 Å². The van der Waals surface area contributed by atoms with Crippen molar-refractivity contribution < 1.29 is 9.47 Å². The lowest BCUT2D eigenvalue weighted by atomic mass is 10.3. The first-order chi connectivity index (χ1) is 7.17. The Kier molecular flexibility index (Phi) is 4.65. The summed E-state index contributed by atoms with van der Waals surface area (Å²) in [4.78, 5) is 0. The van der Waals surface area contributed by atoms with Crippen molar-refractivity contribution in [1.82, 2.24) is 0 Å². The van der Waals surface area contributed by atoms with E-state index in [1.165, 1.54) is 0 Å². The number of hydrogen-bond donors (Lipinski definition) is 1. The molecule has 1 aromatic carbocycles. The van der Waals surface area contributed by atoms with Gasteiger partial charge in [0.15, 0.2) is 0 Å². The summed E-state index contributed by atoms with van der Waals surface area (Å²) in [6, 6.07) is 5.53. The van der Waals surface area contributed by atoms with Gasteiger partial charge in [-0.3, -0.25) is 0 Å². The summed E-state index contributed by atoms with van der Waals surface area (Å²) in [6.07, 6.45) is 0. The monoisotopic (exact) mass is 271 g/mol. The molecule has 82 valence electrons. The van der Waals surface area contributed by atoms with Crippen LogP contribution in [0, 0.1) is 0 Å². The maximum Gasteiger partial charge on any atom is 0.134 e. The Bertz CT molecular complexity index is 352. The van der Waals surface area contributed by atoms with Gasteiger partial charge in [0.05, 0.1) is 11.6 Å². The average molecular weight is 272 g/mol. The van der Waals surface area contributed by atoms with Crippen LogP contribution in [0.4, 0.5) is 0 Å². The van der Waals surface area contributed by atoms with Gasteiger partial charge in [-0.1, -0.05) is 6.58 Å². The van der Waals surface area contributed by atoms with E-state index in [-0.39, 0.29) is 0 Å². The van der Waals surface area contributed by atoms with E-state index in [2.05, 4.69) is 22.5 Å². The Hall–Kier alpha value is -1.00. The SMILES string of the molecule is C=C(CN)COc1ccc(OC)cc1Br. The second kappa shape index (κ2) is 5.78. The lowest BCUT2D eigenvalue weighted by Gasteiger charge is -2.09. The van der Waals surface area contributed by atoms with Gasteiger partial charge in [-0.05, 0) is 39.7 Å². The van der Waals surface area contributed by atoms with Gasteiger partial charge in [0.25, 0.3) is 0 Å². The van der Waals surface area contributed by atoms with Crippen molar-refractivity contribution in [3.63, 3.8) is 0 Å². The Labute approximate surface area is 98.0 Å². The molecule has 4 heteroatoms. The van der Waals surface area contributed by atoms with E-state index in [9.17, 15) is 0 Å². The van der Waals surface area contributed by atoms with Crippen molar-refractivity contribution in [2.45, 2.75) is 0 Å². The van der Waals surface area contributed by atoms with Crippen molar-refractivity contribution in [2.24, 2.45) is 5.73 Å². The summed E-state index contributed by atoms with van der Waals surface area (Å²) < 4.78 is 11.4. The second-order valence-corrected chi connectivity index (χ2v) is 3.89. The molecule has 1 rings (SSSR count). The summed E-state index contributed by atoms with van der Waals surface area (Å²) in [6.45, 7) is 4.63. The first kappa shape index (κ1) is 12.1. The highest BCUT2D eigenvalue weighted by molar-refractivity contribution is 9.10. The number of ether oxygens (including phenoxy) is 2. The molecule has 0 aromatic heterocycles. The lowest BCUT2D eigenvalue weighted by molar-refractivity contribution is 0.347. The van der Waals surface area contributed by atoms with E-state index in [1.54, 1.807) is 7.11 Å². The minimum atomic E-state index is 0.432. The zero-order valence-corrected chi connectivity index (χ0v) is 10.2. The van der Waals surface area contributed by atoms with Gasteiger partial charge < -0.3 is 15.2 Å². The molecule has 1 aromatic rings. The van der Waals surface area contributed by atoms with Crippen LogP contribution in [0.15, 0.2) is 34.8 Å². The number of rotatable bonds is 5. The molecule has 0 saturated carbocycles. The topological polar surface area (TPSA) is 44.5 Å². The van der Waals surface area contributed by atoms with Crippen LogP contribution in [0.3, 0.4) is 0 Å². The Balaban J connectivity index is 2.66. The highest BCUT2D eigenvalue weighted by atomic mass is 79.9. The van der Waals surface area contributed by atoms with E-state index >= 15 is 0 Å². The Morgan fingerprint density at radius 1 is 1.53 bits per heavy atom. The third-order valence-electron chi connectivity index (χ3n) is 1.86. The normalized spacial score (nSPS) is 9.80. The smallest absolute Gasteiger partial charge is 0.134 e. The van der Waals surface area contributed by atoms with Crippen LogP contribution in [0.2, 0.25) is 0 Å². The fraction of sp³-hybridized carbons (Fsp3) is 0.273. The molecule has 3 nitrogen and oxygen atoms in total. The summed E-state index contributed by atoms with van der Waals surface area (Å²) in [5.41, 5.74) is 6.27. The second-order valence-electron chi connectivity index (χ2n) is 3.04. The van der Waals surface area contributed by atoms with E-state index in [1.807, 2.05) is 18.2 Å². The summed E-state index contributed by atoms with van der Waals surface area (Å²) in [7, 11) is 1.62. The molecule has 0 aliphatic heterocycles. The molecule has 0 aliphatic rings. The third-order valence-corrected chi connectivity index (χ3v) is 2.48. The minimum absolute atomic E-state index is 0.432. The zero-order valence-electron chi connectivity index (χ0n) is 8.63. The quantitative estimate of drug-likeness (QED) is 0.837. The fourth-order valence-electron chi connectivity index (χ4n) is 0.964. The third kappa shape index (κ3) is 3.57. The molecule has 0 bridgehead atoms. The van der Waals surface area contributed by atoms with E-state index in [4.69, 9.17) is 15.2 Å². The Morgan fingerprint density at radius 3 is 2.80 bits per heavy atom. The van der Waals surface area contributed by atoms with Gasteiger partial charge in [-0.25, -0.2) is 0 Å². The van der Waals surface area contributed by atoms with Crippen LogP contribution >= 0.6 is 15.9 Å². The number of halogens is 1. The molecule has 0 amide bonds. The van der Waals surface area contributed by atoms with Crippen LogP contribution in [-0.2, 0) is 0 Å². The molecule has 0 fully saturated rings. The molecule has 2 N–H and O–H groups in total. The van der Waals surface area contributed by atoms with Crippen molar-refractivity contribution in [1.29, 1.82) is 0 Å². The predicted octanol–water partition coefficient (Wildman–Crippen LogP) is 2.35. The number of methoxy groups -OCH3 is 1. The summed E-state index contributed by atoms with van der Waals surface area (Å²) in [5, 5.41) is 0. The van der Waals surface area contributed by atoms with E-state index in [0.717, 1.165) is 21.5 Å². The lowest BCUT2D eigenvalue weighted by Crippen LogP contribution is -2.10. The van der Waals surface area contributed by atoms with Crippen molar-refractivity contribution >= 4 is 15.9 Å². The average Bonchev–Trinajstić information content (AvgIpc) is 2.26. The molecule has 0 spiro atoms. The largest absolute Gasteiger partial charge is 0.497 e. The Morgan fingerprint density at radius 2 is 2.27 bits per heavy atom.